The Balaban J connectivity index is 1.27. The van der Waals surface area contributed by atoms with Gasteiger partial charge in [0.25, 0.3) is 0 Å². The quantitative estimate of drug-likeness (QED) is 0.725. The topological polar surface area (TPSA) is 44.8 Å². The minimum atomic E-state index is -0.476. The molecule has 124 valence electrons. The maximum absolute atomic E-state index is 12.0. The molecule has 1 saturated heterocycles. The minimum absolute atomic E-state index is 0.0414. The summed E-state index contributed by atoms with van der Waals surface area (Å²) in [5.74, 6) is 2.67. The Hall–Kier alpha value is -0.770. The van der Waals surface area contributed by atoms with Crippen LogP contribution in [0.5, 0.6) is 0 Å². The van der Waals surface area contributed by atoms with Crippen molar-refractivity contribution in [2.45, 2.75) is 51.9 Å². The number of ether oxygens (including phenoxy) is 3. The van der Waals surface area contributed by atoms with E-state index in [1.54, 1.807) is 0 Å². The van der Waals surface area contributed by atoms with E-state index in [-0.39, 0.29) is 10.8 Å². The molecule has 0 radical (unpaired) electrons. The third kappa shape index (κ3) is 2.64. The summed E-state index contributed by atoms with van der Waals surface area (Å²) in [5.41, 5.74) is 0.315. The summed E-state index contributed by atoms with van der Waals surface area (Å²) in [4.78, 5) is 12.0. The minimum Gasteiger partial charge on any atom is -0.434 e. The summed E-state index contributed by atoms with van der Waals surface area (Å²) in [5, 5.41) is 0. The van der Waals surface area contributed by atoms with Gasteiger partial charge in [-0.2, -0.15) is 0 Å². The maximum Gasteiger partial charge on any atom is 0.508 e. The zero-order chi connectivity index (χ0) is 15.2. The molecule has 5 aliphatic rings. The van der Waals surface area contributed by atoms with Crippen LogP contribution in [0.3, 0.4) is 0 Å². The molecule has 4 saturated carbocycles. The van der Waals surface area contributed by atoms with Crippen molar-refractivity contribution in [3.8, 4) is 0 Å². The Kier molecular flexibility index (Phi) is 3.63. The number of carbonyl (C=O) groups is 1. The van der Waals surface area contributed by atoms with E-state index >= 15 is 0 Å². The molecule has 4 heteroatoms. The first-order chi connectivity index (χ1) is 10.6. The van der Waals surface area contributed by atoms with E-state index in [1.165, 1.54) is 38.5 Å². The van der Waals surface area contributed by atoms with E-state index < -0.39 is 6.16 Å². The van der Waals surface area contributed by atoms with Crippen LogP contribution in [-0.4, -0.2) is 32.6 Å². The van der Waals surface area contributed by atoms with Crippen LogP contribution < -0.4 is 0 Å². The van der Waals surface area contributed by atoms with Crippen molar-refractivity contribution in [3.05, 3.63) is 0 Å². The van der Waals surface area contributed by atoms with Crippen LogP contribution in [0.1, 0.15) is 51.9 Å². The van der Waals surface area contributed by atoms with Crippen LogP contribution in [0, 0.1) is 28.6 Å². The summed E-state index contributed by atoms with van der Waals surface area (Å²) in [7, 11) is 0. The smallest absolute Gasteiger partial charge is 0.434 e. The Labute approximate surface area is 132 Å². The molecule has 0 aromatic heterocycles. The van der Waals surface area contributed by atoms with Gasteiger partial charge in [-0.05, 0) is 62.7 Å². The molecule has 0 aromatic carbocycles. The predicted octanol–water partition coefficient (Wildman–Crippen LogP) is 3.78. The molecule has 0 atom stereocenters. The zero-order valence-corrected chi connectivity index (χ0v) is 13.6. The maximum atomic E-state index is 12.0. The highest BCUT2D eigenvalue weighted by Gasteiger charge is 2.51. The van der Waals surface area contributed by atoms with Crippen LogP contribution in [0.25, 0.3) is 0 Å². The summed E-state index contributed by atoms with van der Waals surface area (Å²) < 4.78 is 16.1. The standard InChI is InChI=1S/C18H28O4/c1-2-17(9-20-10-17)11-21-16(19)22-12-18-6-13-3-14(7-18)5-15(4-13)8-18/h13-15H,2-12H2,1H3. The van der Waals surface area contributed by atoms with Gasteiger partial charge < -0.3 is 14.2 Å². The van der Waals surface area contributed by atoms with Gasteiger partial charge in [0.05, 0.1) is 18.6 Å². The van der Waals surface area contributed by atoms with Gasteiger partial charge in [-0.1, -0.05) is 6.92 Å². The number of hydrogen-bond donors (Lipinski definition) is 0. The molecular formula is C18H28O4. The molecule has 0 amide bonds. The summed E-state index contributed by atoms with van der Waals surface area (Å²) >= 11 is 0. The largest absolute Gasteiger partial charge is 0.508 e. The predicted molar refractivity (Wildman–Crippen MR) is 81.4 cm³/mol. The van der Waals surface area contributed by atoms with Gasteiger partial charge in [0.2, 0.25) is 0 Å². The van der Waals surface area contributed by atoms with Crippen molar-refractivity contribution in [2.75, 3.05) is 26.4 Å². The SMILES string of the molecule is CCC1(COC(=O)OCC23CC4CC(CC(C4)C2)C3)COC1. The molecule has 0 aromatic rings. The Morgan fingerprint density at radius 2 is 1.55 bits per heavy atom. The third-order valence-corrected chi connectivity index (χ3v) is 6.72. The molecular weight excluding hydrogens is 280 g/mol. The molecule has 0 N–H and O–H groups in total. The van der Waals surface area contributed by atoms with E-state index in [2.05, 4.69) is 6.92 Å². The molecule has 4 bridgehead atoms. The van der Waals surface area contributed by atoms with Gasteiger partial charge in [-0.15, -0.1) is 0 Å². The first kappa shape index (κ1) is 14.8. The monoisotopic (exact) mass is 308 g/mol. The molecule has 0 spiro atoms. The molecule has 22 heavy (non-hydrogen) atoms. The van der Waals surface area contributed by atoms with E-state index in [1.807, 2.05) is 0 Å². The van der Waals surface area contributed by atoms with Crippen LogP contribution in [0.15, 0.2) is 0 Å². The van der Waals surface area contributed by atoms with Crippen molar-refractivity contribution in [1.82, 2.24) is 0 Å². The van der Waals surface area contributed by atoms with E-state index in [0.717, 1.165) is 24.2 Å². The van der Waals surface area contributed by atoms with Gasteiger partial charge in [0.1, 0.15) is 13.2 Å². The second kappa shape index (κ2) is 5.40. The van der Waals surface area contributed by atoms with E-state index in [4.69, 9.17) is 14.2 Å². The molecule has 5 rings (SSSR count). The molecule has 0 unspecified atom stereocenters. The van der Waals surface area contributed by atoms with Gasteiger partial charge in [0.15, 0.2) is 0 Å². The average Bonchev–Trinajstić information content (AvgIpc) is 2.43. The van der Waals surface area contributed by atoms with Crippen LogP contribution in [0.4, 0.5) is 4.79 Å². The fraction of sp³-hybridized carbons (Fsp3) is 0.944. The lowest BCUT2D eigenvalue weighted by Crippen LogP contribution is -2.49. The van der Waals surface area contributed by atoms with Crippen molar-refractivity contribution >= 4 is 6.16 Å². The normalized spacial score (nSPS) is 41.0. The number of hydrogen-bond acceptors (Lipinski definition) is 4. The van der Waals surface area contributed by atoms with E-state index in [0.29, 0.717) is 26.4 Å². The van der Waals surface area contributed by atoms with Crippen LogP contribution in [0.2, 0.25) is 0 Å². The second-order valence-corrected chi connectivity index (χ2v) is 8.59. The highest BCUT2D eigenvalue weighted by molar-refractivity contribution is 5.60. The second-order valence-electron chi connectivity index (χ2n) is 8.59. The molecule has 4 nitrogen and oxygen atoms in total. The molecule has 1 aliphatic heterocycles. The van der Waals surface area contributed by atoms with Crippen molar-refractivity contribution in [1.29, 1.82) is 0 Å². The number of carbonyl (C=O) groups excluding carboxylic acids is 1. The first-order valence-corrected chi connectivity index (χ1v) is 8.98. The fourth-order valence-electron chi connectivity index (χ4n) is 5.71. The van der Waals surface area contributed by atoms with Crippen molar-refractivity contribution in [3.63, 3.8) is 0 Å². The Morgan fingerprint density at radius 1 is 1.00 bits per heavy atom. The molecule has 5 fully saturated rings. The average molecular weight is 308 g/mol. The van der Waals surface area contributed by atoms with Gasteiger partial charge in [0, 0.05) is 5.41 Å². The van der Waals surface area contributed by atoms with Crippen LogP contribution >= 0.6 is 0 Å². The Morgan fingerprint density at radius 3 is 2.00 bits per heavy atom. The lowest BCUT2D eigenvalue weighted by Gasteiger charge is -2.56. The lowest BCUT2D eigenvalue weighted by atomic mass is 9.50. The lowest BCUT2D eigenvalue weighted by molar-refractivity contribution is -0.146. The third-order valence-electron chi connectivity index (χ3n) is 6.72. The number of rotatable bonds is 5. The van der Waals surface area contributed by atoms with Gasteiger partial charge in [-0.25, -0.2) is 4.79 Å². The first-order valence-electron chi connectivity index (χ1n) is 8.98. The van der Waals surface area contributed by atoms with Gasteiger partial charge >= 0.3 is 6.16 Å². The highest BCUT2D eigenvalue weighted by atomic mass is 16.7. The van der Waals surface area contributed by atoms with Gasteiger partial charge in [-0.3, -0.25) is 0 Å². The van der Waals surface area contributed by atoms with Crippen LogP contribution in [-0.2, 0) is 14.2 Å². The van der Waals surface area contributed by atoms with Crippen molar-refractivity contribution in [2.24, 2.45) is 28.6 Å². The Bertz CT molecular complexity index is 400. The highest BCUT2D eigenvalue weighted by Crippen LogP contribution is 2.60. The summed E-state index contributed by atoms with van der Waals surface area (Å²) in [6.45, 7) is 4.53. The van der Waals surface area contributed by atoms with Crippen molar-refractivity contribution < 1.29 is 19.0 Å². The van der Waals surface area contributed by atoms with E-state index in [9.17, 15) is 4.79 Å². The summed E-state index contributed by atoms with van der Waals surface area (Å²) in [6, 6.07) is 0. The zero-order valence-electron chi connectivity index (χ0n) is 13.6. The fourth-order valence-corrected chi connectivity index (χ4v) is 5.71. The molecule has 1 heterocycles. The summed E-state index contributed by atoms with van der Waals surface area (Å²) in [6.07, 6.45) is 8.55. The molecule has 4 aliphatic carbocycles.